The van der Waals surface area contributed by atoms with Gasteiger partial charge in [-0.2, -0.15) is 9.78 Å². The Hall–Kier alpha value is -3.42. The van der Waals surface area contributed by atoms with Gasteiger partial charge in [-0.05, 0) is 32.0 Å². The van der Waals surface area contributed by atoms with Gasteiger partial charge in [-0.3, -0.25) is 4.79 Å². The zero-order chi connectivity index (χ0) is 23.6. The molecule has 2 aromatic heterocycles. The number of ether oxygens (including phenoxy) is 1. The van der Waals surface area contributed by atoms with Crippen LogP contribution in [-0.4, -0.2) is 63.3 Å². The lowest BCUT2D eigenvalue weighted by Gasteiger charge is -2.36. The summed E-state index contributed by atoms with van der Waals surface area (Å²) in [7, 11) is 0. The second-order valence-electron chi connectivity index (χ2n) is 9.47. The highest BCUT2D eigenvalue weighted by atomic mass is 16.5. The molecule has 1 aliphatic heterocycles. The van der Waals surface area contributed by atoms with E-state index in [1.54, 1.807) is 4.68 Å². The van der Waals surface area contributed by atoms with Crippen molar-refractivity contribution in [2.24, 2.45) is 0 Å². The normalized spacial score (nSPS) is 14.5. The topological polar surface area (TPSA) is 76.4 Å². The average Bonchev–Trinajstić information content (AvgIpc) is 3.22. The van der Waals surface area contributed by atoms with Gasteiger partial charge < -0.3 is 14.5 Å². The van der Waals surface area contributed by atoms with E-state index in [1.807, 2.05) is 49.1 Å². The first-order chi connectivity index (χ1) is 15.7. The van der Waals surface area contributed by atoms with Gasteiger partial charge in [0, 0.05) is 54.7 Å². The van der Waals surface area contributed by atoms with E-state index in [0.717, 1.165) is 30.2 Å². The molecule has 0 spiro atoms. The van der Waals surface area contributed by atoms with Gasteiger partial charge in [-0.15, -0.1) is 0 Å². The first kappa shape index (κ1) is 22.8. The summed E-state index contributed by atoms with van der Waals surface area (Å²) in [6.07, 6.45) is 0. The number of aromatic nitrogens is 4. The minimum atomic E-state index is -0.181. The first-order valence-electron chi connectivity index (χ1n) is 11.3. The largest absolute Gasteiger partial charge is 0.467 e. The van der Waals surface area contributed by atoms with E-state index in [2.05, 4.69) is 47.8 Å². The monoisotopic (exact) mass is 448 g/mol. The summed E-state index contributed by atoms with van der Waals surface area (Å²) in [5.74, 6) is 0.886. The Morgan fingerprint density at radius 3 is 2.21 bits per heavy atom. The number of rotatable bonds is 5. The van der Waals surface area contributed by atoms with Crippen LogP contribution in [0.2, 0.25) is 0 Å². The minimum Gasteiger partial charge on any atom is -0.467 e. The molecule has 0 aliphatic carbocycles. The molecule has 0 radical (unpaired) electrons. The lowest BCUT2D eigenvalue weighted by Crippen LogP contribution is -2.50. The van der Waals surface area contributed by atoms with Gasteiger partial charge in [0.25, 0.3) is 11.9 Å². The number of aryl methyl sites for hydroxylation is 2. The number of benzene rings is 1. The number of carbonyl (C=O) groups excluding carboxylic acids is 1. The number of hydrogen-bond donors (Lipinski definition) is 0. The molecule has 1 amide bonds. The molecular weight excluding hydrogens is 416 g/mol. The molecular formula is C25H32N6O2. The van der Waals surface area contributed by atoms with Crippen molar-refractivity contribution in [3.05, 3.63) is 59.5 Å². The van der Waals surface area contributed by atoms with Crippen LogP contribution in [0.4, 0.5) is 5.69 Å². The molecule has 0 unspecified atom stereocenters. The van der Waals surface area contributed by atoms with Crippen LogP contribution >= 0.6 is 0 Å². The van der Waals surface area contributed by atoms with Crippen LogP contribution in [0.1, 0.15) is 37.9 Å². The quantitative estimate of drug-likeness (QED) is 0.596. The van der Waals surface area contributed by atoms with Crippen LogP contribution in [0, 0.1) is 13.8 Å². The predicted octanol–water partition coefficient (Wildman–Crippen LogP) is 3.30. The fourth-order valence-electron chi connectivity index (χ4n) is 3.86. The number of anilines is 1. The summed E-state index contributed by atoms with van der Waals surface area (Å²) in [6.45, 7) is 13.0. The minimum absolute atomic E-state index is 0.0332. The molecule has 1 aromatic carbocycles. The van der Waals surface area contributed by atoms with Crippen LogP contribution in [0.25, 0.3) is 5.95 Å². The molecule has 3 aromatic rings. The Balaban J connectivity index is 1.45. The number of para-hydroxylation sites is 1. The Kier molecular flexibility index (Phi) is 6.35. The van der Waals surface area contributed by atoms with Crippen LogP contribution in [-0.2, 0) is 10.2 Å². The molecule has 0 saturated carbocycles. The van der Waals surface area contributed by atoms with Gasteiger partial charge in [0.1, 0.15) is 0 Å². The lowest BCUT2D eigenvalue weighted by atomic mass is 9.93. The molecule has 8 nitrogen and oxygen atoms in total. The Morgan fingerprint density at radius 2 is 1.61 bits per heavy atom. The van der Waals surface area contributed by atoms with Crippen molar-refractivity contribution in [2.45, 2.75) is 40.0 Å². The smallest absolute Gasteiger partial charge is 0.260 e. The van der Waals surface area contributed by atoms with E-state index in [1.165, 1.54) is 5.69 Å². The Bertz CT molecular complexity index is 1090. The predicted molar refractivity (Wildman–Crippen MR) is 128 cm³/mol. The van der Waals surface area contributed by atoms with Gasteiger partial charge in [-0.1, -0.05) is 39.0 Å². The van der Waals surface area contributed by atoms with Gasteiger partial charge in [0.2, 0.25) is 5.88 Å². The van der Waals surface area contributed by atoms with Crippen LogP contribution in [0.3, 0.4) is 0 Å². The fraction of sp³-hybridized carbons (Fsp3) is 0.440. The van der Waals surface area contributed by atoms with Gasteiger partial charge in [0.15, 0.2) is 6.61 Å². The van der Waals surface area contributed by atoms with Gasteiger partial charge in [0.05, 0.1) is 5.69 Å². The van der Waals surface area contributed by atoms with Crippen molar-refractivity contribution in [2.75, 3.05) is 37.7 Å². The van der Waals surface area contributed by atoms with Crippen LogP contribution < -0.4 is 9.64 Å². The van der Waals surface area contributed by atoms with Crippen molar-refractivity contribution >= 4 is 11.6 Å². The summed E-state index contributed by atoms with van der Waals surface area (Å²) in [5, 5.41) is 4.70. The standard InChI is InChI=1S/C25H32N6O2/c1-18-15-19(2)27-24(26-18)31-23(16-21(28-31)25(3,4)5)33-17-22(32)30-13-11-29(12-14-30)20-9-7-6-8-10-20/h6-10,15-16H,11-14,17H2,1-5H3. The third kappa shape index (κ3) is 5.32. The van der Waals surface area contributed by atoms with E-state index in [0.29, 0.717) is 24.9 Å². The molecule has 174 valence electrons. The number of hydrogen-bond acceptors (Lipinski definition) is 6. The van der Waals surface area contributed by atoms with Gasteiger partial charge >= 0.3 is 0 Å². The molecule has 1 saturated heterocycles. The number of nitrogens with zero attached hydrogens (tertiary/aromatic N) is 6. The summed E-state index contributed by atoms with van der Waals surface area (Å²) in [5.41, 5.74) is 3.56. The number of amides is 1. The molecule has 3 heterocycles. The molecule has 4 rings (SSSR count). The molecule has 33 heavy (non-hydrogen) atoms. The lowest BCUT2D eigenvalue weighted by molar-refractivity contribution is -0.133. The number of piperazine rings is 1. The summed E-state index contributed by atoms with van der Waals surface area (Å²) < 4.78 is 7.59. The maximum atomic E-state index is 12.9. The van der Waals surface area contributed by atoms with E-state index < -0.39 is 0 Å². The third-order valence-electron chi connectivity index (χ3n) is 5.70. The van der Waals surface area contributed by atoms with Crippen molar-refractivity contribution in [1.82, 2.24) is 24.6 Å². The van der Waals surface area contributed by atoms with E-state index in [9.17, 15) is 4.79 Å². The highest BCUT2D eigenvalue weighted by Crippen LogP contribution is 2.27. The summed E-state index contributed by atoms with van der Waals surface area (Å²) in [6, 6.07) is 14.1. The summed E-state index contributed by atoms with van der Waals surface area (Å²) in [4.78, 5) is 26.1. The molecule has 8 heteroatoms. The van der Waals surface area contributed by atoms with Crippen molar-refractivity contribution in [3.63, 3.8) is 0 Å². The van der Waals surface area contributed by atoms with E-state index in [-0.39, 0.29) is 17.9 Å². The number of carbonyl (C=O) groups is 1. The second kappa shape index (κ2) is 9.21. The second-order valence-corrected chi connectivity index (χ2v) is 9.47. The SMILES string of the molecule is Cc1cc(C)nc(-n2nc(C(C)(C)C)cc2OCC(=O)N2CCN(c3ccccc3)CC2)n1. The molecule has 1 fully saturated rings. The maximum Gasteiger partial charge on any atom is 0.260 e. The Labute approximate surface area is 195 Å². The zero-order valence-electron chi connectivity index (χ0n) is 20.1. The molecule has 0 atom stereocenters. The van der Waals surface area contributed by atoms with Crippen molar-refractivity contribution in [1.29, 1.82) is 0 Å². The van der Waals surface area contributed by atoms with Crippen molar-refractivity contribution < 1.29 is 9.53 Å². The molecule has 0 N–H and O–H groups in total. The fourth-order valence-corrected chi connectivity index (χ4v) is 3.86. The highest BCUT2D eigenvalue weighted by molar-refractivity contribution is 5.78. The average molecular weight is 449 g/mol. The van der Waals surface area contributed by atoms with Gasteiger partial charge in [-0.25, -0.2) is 9.97 Å². The van der Waals surface area contributed by atoms with E-state index in [4.69, 9.17) is 9.84 Å². The first-order valence-corrected chi connectivity index (χ1v) is 11.3. The maximum absolute atomic E-state index is 12.9. The van der Waals surface area contributed by atoms with E-state index >= 15 is 0 Å². The molecule has 1 aliphatic rings. The third-order valence-corrected chi connectivity index (χ3v) is 5.70. The van der Waals surface area contributed by atoms with Crippen molar-refractivity contribution in [3.8, 4) is 11.8 Å². The summed E-state index contributed by atoms with van der Waals surface area (Å²) >= 11 is 0. The Morgan fingerprint density at radius 1 is 0.970 bits per heavy atom. The van der Waals surface area contributed by atoms with Crippen LogP contribution in [0.5, 0.6) is 5.88 Å². The zero-order valence-corrected chi connectivity index (χ0v) is 20.1. The van der Waals surface area contributed by atoms with Crippen LogP contribution in [0.15, 0.2) is 42.5 Å². The highest BCUT2D eigenvalue weighted by Gasteiger charge is 2.25. The molecule has 0 bridgehead atoms.